The first-order valence-corrected chi connectivity index (χ1v) is 16.1. The second kappa shape index (κ2) is 11.3. The van der Waals surface area contributed by atoms with Crippen LogP contribution in [0.2, 0.25) is 0 Å². The number of halogens is 2. The van der Waals surface area contributed by atoms with Gasteiger partial charge < -0.3 is 29.2 Å². The number of amides is 2. The van der Waals surface area contributed by atoms with Crippen LogP contribution in [0.3, 0.4) is 0 Å². The van der Waals surface area contributed by atoms with Gasteiger partial charge in [-0.25, -0.2) is 23.5 Å². The summed E-state index contributed by atoms with van der Waals surface area (Å²) >= 11 is 0. The number of ether oxygens (including phenoxy) is 2. The number of fused-ring (bicyclic) bond motifs is 4. The molecule has 11 nitrogen and oxygen atoms in total. The highest BCUT2D eigenvalue weighted by Gasteiger charge is 2.47. The van der Waals surface area contributed by atoms with Gasteiger partial charge in [0.25, 0.3) is 5.91 Å². The minimum atomic E-state index is -1.21. The number of anilines is 1. The van der Waals surface area contributed by atoms with E-state index in [1.807, 2.05) is 34.7 Å². The molecule has 248 valence electrons. The topological polar surface area (TPSA) is 130 Å². The Morgan fingerprint density at radius 1 is 1.02 bits per heavy atom. The van der Waals surface area contributed by atoms with Crippen LogP contribution in [0.5, 0.6) is 5.75 Å². The lowest BCUT2D eigenvalue weighted by Crippen LogP contribution is -2.41. The maximum Gasteiger partial charge on any atom is 0.411 e. The highest BCUT2D eigenvalue weighted by Crippen LogP contribution is 2.40. The van der Waals surface area contributed by atoms with Crippen molar-refractivity contribution in [2.45, 2.75) is 44.3 Å². The molecule has 2 bridgehead atoms. The zero-order chi connectivity index (χ0) is 33.4. The summed E-state index contributed by atoms with van der Waals surface area (Å²) in [5.74, 6) is -0.412. The molecular formula is C35H35F2N7O4. The van der Waals surface area contributed by atoms with Gasteiger partial charge in [-0.15, -0.1) is 0 Å². The number of benzene rings is 2. The maximum absolute atomic E-state index is 15.3. The van der Waals surface area contributed by atoms with Crippen molar-refractivity contribution in [1.29, 1.82) is 0 Å². The van der Waals surface area contributed by atoms with E-state index >= 15 is 4.39 Å². The van der Waals surface area contributed by atoms with Gasteiger partial charge in [0, 0.05) is 48.7 Å². The van der Waals surface area contributed by atoms with Crippen LogP contribution in [0, 0.1) is 23.5 Å². The number of rotatable bonds is 7. The number of pyridine rings is 1. The summed E-state index contributed by atoms with van der Waals surface area (Å²) in [6.45, 7) is 1.34. The summed E-state index contributed by atoms with van der Waals surface area (Å²) in [6, 6.07) is 11.8. The molecule has 4 heterocycles. The smallest absolute Gasteiger partial charge is 0.411 e. The number of nitrogens with one attached hydrogen (secondary N) is 1. The van der Waals surface area contributed by atoms with Crippen LogP contribution in [-0.2, 0) is 18.3 Å². The monoisotopic (exact) mass is 655 g/mol. The average Bonchev–Trinajstić information content (AvgIpc) is 3.50. The lowest BCUT2D eigenvalue weighted by molar-refractivity contribution is 0.0700. The fourth-order valence-corrected chi connectivity index (χ4v) is 7.48. The third kappa shape index (κ3) is 4.78. The number of hydrogen-bond acceptors (Lipinski definition) is 7. The Labute approximate surface area is 274 Å². The van der Waals surface area contributed by atoms with Crippen molar-refractivity contribution >= 4 is 39.8 Å². The Balaban J connectivity index is 1.21. The summed E-state index contributed by atoms with van der Waals surface area (Å²) in [6.07, 6.45) is 3.23. The van der Waals surface area contributed by atoms with E-state index in [2.05, 4.69) is 14.6 Å². The Hall–Kier alpha value is -5.04. The molecule has 5 aromatic rings. The molecule has 3 atom stereocenters. The predicted molar refractivity (Wildman–Crippen MR) is 176 cm³/mol. The van der Waals surface area contributed by atoms with E-state index < -0.39 is 17.7 Å². The standard InChI is InChI=1S/C35H35F2N7O4/c1-42-31-24(12-20(14-27(31)47-2)34(45)44-16-19-7-11-25(44)30(19)38)40-33(42)26-13-18-6-9-22(39-32(18)43(26)15-17-4-5-17)21-8-10-23(29(37)28(21)36)41-35(46)48-3/h6,8-10,12-14,17,19,25,30H,4-5,7,11,15-16,38H2,1-3H3,(H,41,46)/t19-,25-,30-/m1/s1. The molecular weight excluding hydrogens is 620 g/mol. The van der Waals surface area contributed by atoms with Crippen LogP contribution in [-0.4, -0.2) is 68.9 Å². The van der Waals surface area contributed by atoms with Crippen LogP contribution < -0.4 is 15.8 Å². The fourth-order valence-electron chi connectivity index (χ4n) is 7.48. The molecule has 2 amide bonds. The van der Waals surface area contributed by atoms with Crippen molar-refractivity contribution < 1.29 is 27.8 Å². The Kier molecular flexibility index (Phi) is 7.13. The molecule has 48 heavy (non-hydrogen) atoms. The van der Waals surface area contributed by atoms with Crippen molar-refractivity contribution in [2.24, 2.45) is 24.6 Å². The molecule has 3 N–H and O–H groups in total. The lowest BCUT2D eigenvalue weighted by atomic mass is 10.1. The molecule has 8 rings (SSSR count). The fraction of sp³-hybridized carbons (Fsp3) is 0.371. The van der Waals surface area contributed by atoms with Gasteiger partial charge in [-0.05, 0) is 80.0 Å². The van der Waals surface area contributed by atoms with E-state index in [0.717, 1.165) is 49.4 Å². The number of aryl methyl sites for hydroxylation is 1. The van der Waals surface area contributed by atoms with Crippen molar-refractivity contribution in [1.82, 2.24) is 24.0 Å². The summed E-state index contributed by atoms with van der Waals surface area (Å²) in [5.41, 5.74) is 9.58. The quantitative estimate of drug-likeness (QED) is 0.230. The molecule has 3 aromatic heterocycles. The number of imidazole rings is 1. The van der Waals surface area contributed by atoms with E-state index in [1.165, 1.54) is 12.1 Å². The number of methoxy groups -OCH3 is 2. The van der Waals surface area contributed by atoms with Gasteiger partial charge in [-0.3, -0.25) is 10.1 Å². The van der Waals surface area contributed by atoms with E-state index in [-0.39, 0.29) is 34.9 Å². The zero-order valence-corrected chi connectivity index (χ0v) is 26.8. The van der Waals surface area contributed by atoms with Gasteiger partial charge in [0.15, 0.2) is 17.5 Å². The molecule has 1 aliphatic heterocycles. The third-order valence-corrected chi connectivity index (χ3v) is 10.2. The molecule has 3 fully saturated rings. The lowest BCUT2D eigenvalue weighted by Gasteiger charge is -2.27. The van der Waals surface area contributed by atoms with Gasteiger partial charge in [0.2, 0.25) is 0 Å². The van der Waals surface area contributed by atoms with E-state index in [0.29, 0.717) is 53.2 Å². The van der Waals surface area contributed by atoms with Gasteiger partial charge in [-0.1, -0.05) is 0 Å². The van der Waals surface area contributed by atoms with Gasteiger partial charge in [0.1, 0.15) is 16.9 Å². The number of aromatic nitrogens is 4. The van der Waals surface area contributed by atoms with Gasteiger partial charge >= 0.3 is 6.09 Å². The molecule has 13 heteroatoms. The van der Waals surface area contributed by atoms with Crippen LogP contribution in [0.1, 0.15) is 36.0 Å². The molecule has 0 spiro atoms. The second-order valence-electron chi connectivity index (χ2n) is 13.1. The average molecular weight is 656 g/mol. The molecule has 2 aromatic carbocycles. The Morgan fingerprint density at radius 3 is 2.52 bits per heavy atom. The van der Waals surface area contributed by atoms with E-state index in [1.54, 1.807) is 19.2 Å². The summed E-state index contributed by atoms with van der Waals surface area (Å²) in [7, 11) is 4.63. The molecule has 2 aliphatic carbocycles. The first-order chi connectivity index (χ1) is 23.2. The molecule has 0 unspecified atom stereocenters. The van der Waals surface area contributed by atoms with Crippen LogP contribution in [0.15, 0.2) is 42.5 Å². The molecule has 2 saturated carbocycles. The summed E-state index contributed by atoms with van der Waals surface area (Å²) < 4.78 is 44.6. The highest BCUT2D eigenvalue weighted by atomic mass is 19.2. The number of carbonyl (C=O) groups is 2. The Bertz CT molecular complexity index is 2140. The first-order valence-electron chi connectivity index (χ1n) is 16.1. The second-order valence-corrected chi connectivity index (χ2v) is 13.1. The maximum atomic E-state index is 15.3. The van der Waals surface area contributed by atoms with E-state index in [9.17, 15) is 14.0 Å². The third-order valence-electron chi connectivity index (χ3n) is 10.2. The molecule has 0 radical (unpaired) electrons. The molecule has 1 saturated heterocycles. The molecule has 3 aliphatic rings. The van der Waals surface area contributed by atoms with E-state index in [4.69, 9.17) is 20.4 Å². The SMILES string of the molecule is COC(=O)Nc1ccc(-c2ccc3cc(-c4nc5cc(C(=O)N6C[C@H]7CC[C@@H]6[C@@H]7N)cc(OC)c5n4C)n(CC4CC4)c3n2)c(F)c1F. The number of nitrogens with zero attached hydrogens (tertiary/aromatic N) is 5. The largest absolute Gasteiger partial charge is 0.494 e. The zero-order valence-electron chi connectivity index (χ0n) is 26.8. The number of hydrogen-bond donors (Lipinski definition) is 2. The first kappa shape index (κ1) is 30.3. The number of carbonyl (C=O) groups excluding carboxylic acids is 2. The van der Waals surface area contributed by atoms with Gasteiger partial charge in [-0.2, -0.15) is 0 Å². The minimum absolute atomic E-state index is 0.0157. The van der Waals surface area contributed by atoms with Gasteiger partial charge in [0.05, 0.1) is 36.8 Å². The van der Waals surface area contributed by atoms with Crippen LogP contribution in [0.25, 0.3) is 44.8 Å². The summed E-state index contributed by atoms with van der Waals surface area (Å²) in [5, 5.41) is 2.99. The number of piperidine rings is 1. The minimum Gasteiger partial charge on any atom is -0.494 e. The van der Waals surface area contributed by atoms with Crippen molar-refractivity contribution in [3.05, 3.63) is 59.7 Å². The van der Waals surface area contributed by atoms with Crippen molar-refractivity contribution in [3.8, 4) is 28.5 Å². The normalized spacial score (nSPS) is 20.2. The van der Waals surface area contributed by atoms with Crippen LogP contribution >= 0.6 is 0 Å². The van der Waals surface area contributed by atoms with Crippen molar-refractivity contribution in [3.63, 3.8) is 0 Å². The predicted octanol–water partition coefficient (Wildman–Crippen LogP) is 5.69. The van der Waals surface area contributed by atoms with Crippen molar-refractivity contribution in [2.75, 3.05) is 26.1 Å². The number of likely N-dealkylation sites (tertiary alicyclic amines) is 1. The summed E-state index contributed by atoms with van der Waals surface area (Å²) in [4.78, 5) is 37.1. The number of nitrogens with two attached hydrogens (primary N) is 1. The highest BCUT2D eigenvalue weighted by molar-refractivity contribution is 6.00. The Morgan fingerprint density at radius 2 is 1.83 bits per heavy atom. The van der Waals surface area contributed by atoms with Crippen LogP contribution in [0.4, 0.5) is 19.3 Å².